The largest absolute Gasteiger partial charge is 0.508 e. The number of carbonyl (C=O) groups excluding carboxylic acids is 1. The Morgan fingerprint density at radius 3 is 2.65 bits per heavy atom. The molecule has 0 aliphatic carbocycles. The van der Waals surface area contributed by atoms with Crippen LogP contribution in [0.15, 0.2) is 89.2 Å². The number of fused-ring (bicyclic) bond motifs is 2. The van der Waals surface area contributed by atoms with E-state index in [9.17, 15) is 9.90 Å². The number of phenols is 1. The number of aromatic amines is 1. The molecule has 2 atom stereocenters. The average Bonchev–Trinajstić information content (AvgIpc) is 3.50. The minimum Gasteiger partial charge on any atom is -0.508 e. The van der Waals surface area contributed by atoms with Crippen LogP contribution in [-0.2, 0) is 0 Å². The van der Waals surface area contributed by atoms with Gasteiger partial charge in [-0.15, -0.1) is 0 Å². The van der Waals surface area contributed by atoms with Crippen molar-refractivity contribution in [1.29, 1.82) is 0 Å². The Labute approximate surface area is 217 Å². The molecule has 9 nitrogen and oxygen atoms in total. The lowest BCUT2D eigenvalue weighted by molar-refractivity contribution is 0.0954. The number of benzene rings is 2. The van der Waals surface area contributed by atoms with Crippen LogP contribution < -0.4 is 15.6 Å². The van der Waals surface area contributed by atoms with Crippen molar-refractivity contribution in [3.05, 3.63) is 90.6 Å². The van der Waals surface area contributed by atoms with E-state index in [0.717, 1.165) is 26.4 Å². The van der Waals surface area contributed by atoms with Gasteiger partial charge in [0.15, 0.2) is 0 Å². The lowest BCUT2D eigenvalue weighted by atomic mass is 10.1. The number of phenolic OH excluding ortho intramolecular Hbond substituents is 1. The average molecular weight is 512 g/mol. The molecule has 5 aromatic rings. The number of carbonyl (C=O) groups is 1. The van der Waals surface area contributed by atoms with Gasteiger partial charge >= 0.3 is 0 Å². The van der Waals surface area contributed by atoms with Gasteiger partial charge in [-0.05, 0) is 61.9 Å². The van der Waals surface area contributed by atoms with Crippen LogP contribution in [0.2, 0.25) is 0 Å². The van der Waals surface area contributed by atoms with Gasteiger partial charge in [0.25, 0.3) is 5.91 Å². The number of hydrogen-bond acceptors (Lipinski definition) is 7. The number of H-pyrrole nitrogens is 1. The standard InChI is InChI=1S/C27H25N7O2S/c1-16-12-13-33-23(16)27(36)34(18-6-4-3-5-7-18)26(32-33)17(2)31-25-22-21(14-28-24(22)29-15-30-25)37-20-10-8-19(35)9-11-20/h3-15,17,26,32,35H,1-2H3,(H2,28,29,30,31)/t17-,26?/m0/s1. The molecular formula is C27H25N7O2S. The Balaban J connectivity index is 1.35. The number of rotatable bonds is 6. The molecule has 37 heavy (non-hydrogen) atoms. The highest BCUT2D eigenvalue weighted by atomic mass is 32.2. The highest BCUT2D eigenvalue weighted by Gasteiger charge is 2.37. The van der Waals surface area contributed by atoms with Crippen molar-refractivity contribution in [3.63, 3.8) is 0 Å². The van der Waals surface area contributed by atoms with E-state index in [4.69, 9.17) is 0 Å². The lowest BCUT2D eigenvalue weighted by Crippen LogP contribution is -2.59. The first-order valence-electron chi connectivity index (χ1n) is 11.9. The maximum atomic E-state index is 13.7. The highest BCUT2D eigenvalue weighted by molar-refractivity contribution is 7.99. The second-order valence-electron chi connectivity index (χ2n) is 8.93. The fraction of sp³-hybridized carbons (Fsp3) is 0.148. The zero-order valence-corrected chi connectivity index (χ0v) is 21.0. The number of anilines is 2. The van der Waals surface area contributed by atoms with Gasteiger partial charge in [0.05, 0.1) is 11.4 Å². The Hall–Kier alpha value is -4.44. The zero-order valence-electron chi connectivity index (χ0n) is 20.2. The molecule has 3 aromatic heterocycles. The number of amides is 1. The van der Waals surface area contributed by atoms with Gasteiger partial charge in [0.1, 0.15) is 35.4 Å². The molecule has 10 heteroatoms. The second kappa shape index (κ2) is 9.21. The minimum absolute atomic E-state index is 0.0656. The Morgan fingerprint density at radius 1 is 1.08 bits per heavy atom. The van der Waals surface area contributed by atoms with Crippen LogP contribution in [-0.4, -0.2) is 42.8 Å². The number of nitrogens with zero attached hydrogens (tertiary/aromatic N) is 4. The quantitative estimate of drug-likeness (QED) is 0.255. The van der Waals surface area contributed by atoms with E-state index in [1.54, 1.807) is 33.5 Å². The predicted molar refractivity (Wildman–Crippen MR) is 145 cm³/mol. The normalized spacial score (nSPS) is 15.9. The SMILES string of the molecule is Cc1ccn2c1C(=O)N(c1ccccc1)C([C@H](C)Nc1ncnc3[nH]cc(Sc4ccc(O)cc4)c13)N2. The van der Waals surface area contributed by atoms with E-state index >= 15 is 0 Å². The summed E-state index contributed by atoms with van der Waals surface area (Å²) < 4.78 is 1.80. The van der Waals surface area contributed by atoms with E-state index in [1.165, 1.54) is 6.33 Å². The van der Waals surface area contributed by atoms with Crippen molar-refractivity contribution in [3.8, 4) is 5.75 Å². The molecular weight excluding hydrogens is 486 g/mol. The molecule has 4 N–H and O–H groups in total. The summed E-state index contributed by atoms with van der Waals surface area (Å²) in [5, 5.41) is 14.0. The third-order valence-electron chi connectivity index (χ3n) is 6.43. The van der Waals surface area contributed by atoms with Gasteiger partial charge in [-0.25, -0.2) is 9.97 Å². The summed E-state index contributed by atoms with van der Waals surface area (Å²) in [7, 11) is 0. The fourth-order valence-electron chi connectivity index (χ4n) is 4.61. The lowest BCUT2D eigenvalue weighted by Gasteiger charge is -2.41. The summed E-state index contributed by atoms with van der Waals surface area (Å²) in [5.74, 6) is 0.822. The molecule has 0 saturated heterocycles. The monoisotopic (exact) mass is 511 g/mol. The molecule has 0 radical (unpaired) electrons. The molecule has 2 aromatic carbocycles. The van der Waals surface area contributed by atoms with E-state index in [2.05, 4.69) is 25.7 Å². The van der Waals surface area contributed by atoms with Crippen LogP contribution in [0.4, 0.5) is 11.5 Å². The van der Waals surface area contributed by atoms with Crippen molar-refractivity contribution in [2.45, 2.75) is 35.8 Å². The Kier molecular flexibility index (Phi) is 5.72. The topological polar surface area (TPSA) is 111 Å². The van der Waals surface area contributed by atoms with Crippen LogP contribution in [0, 0.1) is 6.92 Å². The summed E-state index contributed by atoms with van der Waals surface area (Å²) in [6.07, 6.45) is 4.91. The maximum absolute atomic E-state index is 13.7. The molecule has 4 heterocycles. The van der Waals surface area contributed by atoms with Gasteiger partial charge < -0.3 is 20.8 Å². The van der Waals surface area contributed by atoms with Crippen molar-refractivity contribution < 1.29 is 9.90 Å². The molecule has 6 rings (SSSR count). The van der Waals surface area contributed by atoms with E-state index in [1.807, 2.05) is 74.8 Å². The van der Waals surface area contributed by atoms with Gasteiger partial charge in [0.2, 0.25) is 0 Å². The Bertz CT molecular complexity index is 1580. The van der Waals surface area contributed by atoms with E-state index in [-0.39, 0.29) is 17.7 Å². The molecule has 1 unspecified atom stereocenters. The summed E-state index contributed by atoms with van der Waals surface area (Å²) in [6, 6.07) is 18.4. The number of aromatic nitrogens is 4. The van der Waals surface area contributed by atoms with E-state index in [0.29, 0.717) is 17.2 Å². The molecule has 186 valence electrons. The van der Waals surface area contributed by atoms with Crippen LogP contribution in [0.5, 0.6) is 5.75 Å². The zero-order chi connectivity index (χ0) is 25.5. The summed E-state index contributed by atoms with van der Waals surface area (Å²) >= 11 is 1.55. The van der Waals surface area contributed by atoms with Crippen LogP contribution in [0.25, 0.3) is 11.0 Å². The van der Waals surface area contributed by atoms with Crippen molar-refractivity contribution >= 4 is 40.2 Å². The van der Waals surface area contributed by atoms with Gasteiger partial charge in [-0.1, -0.05) is 30.0 Å². The number of aromatic hydroxyl groups is 1. The van der Waals surface area contributed by atoms with Crippen LogP contribution in [0.3, 0.4) is 0 Å². The minimum atomic E-state index is -0.397. The first-order chi connectivity index (χ1) is 18.0. The van der Waals surface area contributed by atoms with Gasteiger partial charge in [0, 0.05) is 27.9 Å². The van der Waals surface area contributed by atoms with E-state index < -0.39 is 6.17 Å². The van der Waals surface area contributed by atoms with Crippen molar-refractivity contribution in [1.82, 2.24) is 19.6 Å². The number of hydrogen-bond donors (Lipinski definition) is 4. The molecule has 0 bridgehead atoms. The maximum Gasteiger partial charge on any atom is 0.278 e. The van der Waals surface area contributed by atoms with Gasteiger partial charge in [-0.2, -0.15) is 0 Å². The first kappa shape index (κ1) is 23.0. The molecule has 0 saturated carbocycles. The third-order valence-corrected chi connectivity index (χ3v) is 7.48. The smallest absolute Gasteiger partial charge is 0.278 e. The summed E-state index contributed by atoms with van der Waals surface area (Å²) in [4.78, 5) is 29.6. The molecule has 1 aliphatic rings. The number of para-hydroxylation sites is 1. The van der Waals surface area contributed by atoms with Crippen molar-refractivity contribution in [2.24, 2.45) is 0 Å². The fourth-order valence-corrected chi connectivity index (χ4v) is 5.55. The Morgan fingerprint density at radius 2 is 1.86 bits per heavy atom. The molecule has 1 aliphatic heterocycles. The third kappa shape index (κ3) is 4.15. The second-order valence-corrected chi connectivity index (χ2v) is 10.0. The number of aryl methyl sites for hydroxylation is 1. The molecule has 0 spiro atoms. The van der Waals surface area contributed by atoms with Gasteiger partial charge in [-0.3, -0.25) is 14.4 Å². The summed E-state index contributed by atoms with van der Waals surface area (Å²) in [6.45, 7) is 3.96. The number of nitrogens with one attached hydrogen (secondary N) is 3. The molecule has 0 fully saturated rings. The van der Waals surface area contributed by atoms with Crippen LogP contribution in [0.1, 0.15) is 23.0 Å². The molecule has 1 amide bonds. The first-order valence-corrected chi connectivity index (χ1v) is 12.7. The summed E-state index contributed by atoms with van der Waals surface area (Å²) in [5.41, 5.74) is 6.55. The highest BCUT2D eigenvalue weighted by Crippen LogP contribution is 2.37. The predicted octanol–water partition coefficient (Wildman–Crippen LogP) is 4.96. The van der Waals surface area contributed by atoms with Crippen molar-refractivity contribution in [2.75, 3.05) is 15.6 Å². The van der Waals surface area contributed by atoms with Crippen LogP contribution >= 0.6 is 11.8 Å².